The Balaban J connectivity index is 0.000000321. The van der Waals surface area contributed by atoms with Crippen LogP contribution in [-0.2, 0) is 9.47 Å². The van der Waals surface area contributed by atoms with E-state index in [4.69, 9.17) is 15.9 Å². The maximum absolute atomic E-state index is 5.34. The Morgan fingerprint density at radius 3 is 2.83 bits per heavy atom. The van der Waals surface area contributed by atoms with Crippen LogP contribution >= 0.6 is 0 Å². The van der Waals surface area contributed by atoms with Gasteiger partial charge in [-0.1, -0.05) is 30.7 Å². The van der Waals surface area contributed by atoms with Crippen LogP contribution in [0.3, 0.4) is 0 Å². The summed E-state index contributed by atoms with van der Waals surface area (Å²) in [5, 5.41) is 0. The minimum atomic E-state index is 0.207. The molecule has 2 nitrogen and oxygen atoms in total. The first-order valence-corrected chi connectivity index (χ1v) is 6.23. The van der Waals surface area contributed by atoms with Gasteiger partial charge in [-0.3, -0.25) is 0 Å². The molecule has 0 fully saturated rings. The number of rotatable bonds is 5. The van der Waals surface area contributed by atoms with Crippen LogP contribution in [0.15, 0.2) is 37.0 Å². The molecule has 0 aromatic carbocycles. The maximum Gasteiger partial charge on any atom is 0.107 e. The zero-order chi connectivity index (χ0) is 13.8. The van der Waals surface area contributed by atoms with Crippen LogP contribution in [0, 0.1) is 12.3 Å². The van der Waals surface area contributed by atoms with Crippen LogP contribution < -0.4 is 0 Å². The predicted octanol–water partition coefficient (Wildman–Crippen LogP) is 3.51. The van der Waals surface area contributed by atoms with Crippen molar-refractivity contribution in [1.82, 2.24) is 0 Å². The highest BCUT2D eigenvalue weighted by Gasteiger charge is 2.06. The lowest BCUT2D eigenvalue weighted by Crippen LogP contribution is -2.13. The standard InChI is InChI=1S/2C8H12O/c1-3-8-5-4-7(2)9-6-8;1-4-6-8(3)9-7-5-2/h3,5,7H,1,4,6H2,2H3;2,4,8H,1,6-7H2,3H3. The molecule has 100 valence electrons. The molecular weight excluding hydrogens is 224 g/mol. The van der Waals surface area contributed by atoms with E-state index < -0.39 is 0 Å². The number of terminal acetylenes is 1. The van der Waals surface area contributed by atoms with Gasteiger partial charge in [-0.2, -0.15) is 0 Å². The van der Waals surface area contributed by atoms with Gasteiger partial charge in [0, 0.05) is 0 Å². The Morgan fingerprint density at radius 2 is 2.39 bits per heavy atom. The monoisotopic (exact) mass is 248 g/mol. The number of hydrogen-bond donors (Lipinski definition) is 0. The predicted molar refractivity (Wildman–Crippen MR) is 77.4 cm³/mol. The Hall–Kier alpha value is -1.30. The third-order valence-corrected chi connectivity index (χ3v) is 2.46. The molecule has 0 spiro atoms. The van der Waals surface area contributed by atoms with Crippen molar-refractivity contribution >= 4 is 0 Å². The van der Waals surface area contributed by atoms with E-state index in [1.165, 1.54) is 5.57 Å². The number of hydrogen-bond acceptors (Lipinski definition) is 2. The summed E-state index contributed by atoms with van der Waals surface area (Å²) in [5.74, 6) is 2.40. The second kappa shape index (κ2) is 10.8. The van der Waals surface area contributed by atoms with Crippen LogP contribution in [0.4, 0.5) is 0 Å². The van der Waals surface area contributed by atoms with Crippen molar-refractivity contribution in [3.05, 3.63) is 37.0 Å². The first kappa shape index (κ1) is 16.7. The van der Waals surface area contributed by atoms with E-state index in [0.717, 1.165) is 19.4 Å². The molecule has 2 heteroatoms. The molecule has 2 atom stereocenters. The van der Waals surface area contributed by atoms with Crippen molar-refractivity contribution in [3.8, 4) is 12.3 Å². The Morgan fingerprint density at radius 1 is 1.67 bits per heavy atom. The zero-order valence-electron chi connectivity index (χ0n) is 11.5. The van der Waals surface area contributed by atoms with Crippen molar-refractivity contribution in [1.29, 1.82) is 0 Å². The van der Waals surface area contributed by atoms with Crippen LogP contribution in [0.1, 0.15) is 26.7 Å². The molecule has 0 amide bonds. The molecule has 1 rings (SSSR count). The first-order chi connectivity index (χ1) is 8.63. The summed E-state index contributed by atoms with van der Waals surface area (Å²) in [4.78, 5) is 0. The molecule has 0 radical (unpaired) electrons. The van der Waals surface area contributed by atoms with E-state index in [-0.39, 0.29) is 6.10 Å². The van der Waals surface area contributed by atoms with Gasteiger partial charge in [0.15, 0.2) is 0 Å². The summed E-state index contributed by atoms with van der Waals surface area (Å²) < 4.78 is 10.5. The van der Waals surface area contributed by atoms with Gasteiger partial charge in [-0.05, 0) is 32.3 Å². The highest BCUT2D eigenvalue weighted by molar-refractivity contribution is 5.18. The average Bonchev–Trinajstić information content (AvgIpc) is 2.38. The largest absolute Gasteiger partial charge is 0.374 e. The van der Waals surface area contributed by atoms with Gasteiger partial charge in [-0.15, -0.1) is 13.0 Å². The molecule has 0 aromatic heterocycles. The fourth-order valence-electron chi connectivity index (χ4n) is 1.32. The van der Waals surface area contributed by atoms with Crippen LogP contribution in [0.2, 0.25) is 0 Å². The zero-order valence-corrected chi connectivity index (χ0v) is 11.5. The normalized spacial score (nSPS) is 19.6. The summed E-state index contributed by atoms with van der Waals surface area (Å²) in [6, 6.07) is 0. The minimum Gasteiger partial charge on any atom is -0.374 e. The Bertz CT molecular complexity index is 310. The van der Waals surface area contributed by atoms with Crippen molar-refractivity contribution in [2.45, 2.75) is 38.9 Å². The Labute approximate surface area is 111 Å². The van der Waals surface area contributed by atoms with E-state index >= 15 is 0 Å². The average molecular weight is 248 g/mol. The van der Waals surface area contributed by atoms with E-state index in [2.05, 4.69) is 32.1 Å². The molecule has 0 aliphatic carbocycles. The highest BCUT2D eigenvalue weighted by atomic mass is 16.5. The van der Waals surface area contributed by atoms with Gasteiger partial charge in [0.2, 0.25) is 0 Å². The number of ether oxygens (including phenoxy) is 2. The second-order valence-electron chi connectivity index (χ2n) is 4.19. The lowest BCUT2D eigenvalue weighted by atomic mass is 10.1. The molecule has 1 aliphatic rings. The molecule has 0 bridgehead atoms. The van der Waals surface area contributed by atoms with Crippen LogP contribution in [-0.4, -0.2) is 25.4 Å². The van der Waals surface area contributed by atoms with Gasteiger partial charge < -0.3 is 9.47 Å². The fourth-order valence-corrected chi connectivity index (χ4v) is 1.32. The van der Waals surface area contributed by atoms with Gasteiger partial charge >= 0.3 is 0 Å². The molecule has 0 N–H and O–H groups in total. The van der Waals surface area contributed by atoms with Crippen LogP contribution in [0.5, 0.6) is 0 Å². The first-order valence-electron chi connectivity index (χ1n) is 6.23. The summed E-state index contributed by atoms with van der Waals surface area (Å²) in [6.45, 7) is 12.4. The van der Waals surface area contributed by atoms with Crippen molar-refractivity contribution in [3.63, 3.8) is 0 Å². The molecule has 1 aliphatic heterocycles. The smallest absolute Gasteiger partial charge is 0.107 e. The van der Waals surface area contributed by atoms with E-state index in [1.54, 1.807) is 0 Å². The molecule has 2 unspecified atom stereocenters. The minimum absolute atomic E-state index is 0.207. The summed E-state index contributed by atoms with van der Waals surface area (Å²) in [6.07, 6.45) is 13.3. The quantitative estimate of drug-likeness (QED) is 0.547. The van der Waals surface area contributed by atoms with Crippen molar-refractivity contribution in [2.24, 2.45) is 0 Å². The van der Waals surface area contributed by atoms with Gasteiger partial charge in [0.05, 0.1) is 18.8 Å². The molecule has 0 aromatic rings. The summed E-state index contributed by atoms with van der Waals surface area (Å²) >= 11 is 0. The SMILES string of the molecule is C#CCOC(C)CC=C.C=CC1=CCC(C)OC1. The third-order valence-electron chi connectivity index (χ3n) is 2.46. The van der Waals surface area contributed by atoms with Crippen molar-refractivity contribution in [2.75, 3.05) is 13.2 Å². The summed E-state index contributed by atoms with van der Waals surface area (Å²) in [5.41, 5.74) is 1.22. The van der Waals surface area contributed by atoms with E-state index in [0.29, 0.717) is 12.7 Å². The van der Waals surface area contributed by atoms with Gasteiger partial charge in [0.1, 0.15) is 6.61 Å². The van der Waals surface area contributed by atoms with E-state index in [9.17, 15) is 0 Å². The maximum atomic E-state index is 5.34. The Kier molecular flexibility index (Phi) is 10.0. The molecule has 18 heavy (non-hydrogen) atoms. The topological polar surface area (TPSA) is 18.5 Å². The lowest BCUT2D eigenvalue weighted by molar-refractivity contribution is 0.0776. The van der Waals surface area contributed by atoms with Crippen LogP contribution in [0.25, 0.3) is 0 Å². The molecular formula is C16H24O2. The summed E-state index contributed by atoms with van der Waals surface area (Å²) in [7, 11) is 0. The third kappa shape index (κ3) is 8.81. The fraction of sp³-hybridized carbons (Fsp3) is 0.500. The van der Waals surface area contributed by atoms with Crippen molar-refractivity contribution < 1.29 is 9.47 Å². The highest BCUT2D eigenvalue weighted by Crippen LogP contribution is 2.11. The second-order valence-corrected chi connectivity index (χ2v) is 4.19. The lowest BCUT2D eigenvalue weighted by Gasteiger charge is -2.16. The van der Waals surface area contributed by atoms with Gasteiger partial charge in [-0.25, -0.2) is 0 Å². The molecule has 0 saturated heterocycles. The van der Waals surface area contributed by atoms with Gasteiger partial charge in [0.25, 0.3) is 0 Å². The molecule has 1 heterocycles. The van der Waals surface area contributed by atoms with E-state index in [1.807, 2.05) is 19.1 Å². The molecule has 0 saturated carbocycles.